The maximum absolute atomic E-state index is 12.4. The van der Waals surface area contributed by atoms with Crippen LogP contribution in [0.3, 0.4) is 0 Å². The predicted octanol–water partition coefficient (Wildman–Crippen LogP) is 3.12. The average molecular weight is 590 g/mol. The van der Waals surface area contributed by atoms with Crippen LogP contribution >= 0.6 is 0 Å². The number of carbonyl (C=O) groups excluding carboxylic acids is 2. The molecule has 1 aliphatic carbocycles. The van der Waals surface area contributed by atoms with E-state index in [1.807, 2.05) is 19.1 Å². The fourth-order valence-corrected chi connectivity index (χ4v) is 6.65. The molecule has 2 saturated heterocycles. The molecule has 1 saturated carbocycles. The maximum atomic E-state index is 12.4. The molecule has 43 heavy (non-hydrogen) atoms. The van der Waals surface area contributed by atoms with Crippen molar-refractivity contribution in [3.05, 3.63) is 48.3 Å². The van der Waals surface area contributed by atoms with Gasteiger partial charge in [0.1, 0.15) is 5.82 Å². The number of carbonyl (C=O) groups is 2. The fourth-order valence-electron chi connectivity index (χ4n) is 6.65. The highest BCUT2D eigenvalue weighted by Crippen LogP contribution is 2.31. The number of nitrogens with two attached hydrogens (primary N) is 1. The van der Waals surface area contributed by atoms with Crippen molar-refractivity contribution < 1.29 is 9.59 Å². The third-order valence-corrected chi connectivity index (χ3v) is 9.28. The van der Waals surface area contributed by atoms with Gasteiger partial charge in [0, 0.05) is 63.2 Å². The van der Waals surface area contributed by atoms with Crippen LogP contribution in [0.1, 0.15) is 61.6 Å². The number of nitrogens with one attached hydrogen (secondary N) is 3. The molecule has 2 amide bonds. The third-order valence-electron chi connectivity index (χ3n) is 9.28. The zero-order valence-corrected chi connectivity index (χ0v) is 25.7. The predicted molar refractivity (Wildman–Crippen MR) is 172 cm³/mol. The van der Waals surface area contributed by atoms with Crippen LogP contribution in [-0.2, 0) is 11.2 Å². The summed E-state index contributed by atoms with van der Waals surface area (Å²) in [4.78, 5) is 41.4. The highest BCUT2D eigenvalue weighted by atomic mass is 16.2. The summed E-state index contributed by atoms with van der Waals surface area (Å²) >= 11 is 0. The van der Waals surface area contributed by atoms with Crippen LogP contribution in [0.2, 0.25) is 0 Å². The molecule has 2 aliphatic heterocycles. The van der Waals surface area contributed by atoms with Crippen LogP contribution in [0.25, 0.3) is 0 Å². The van der Waals surface area contributed by atoms with E-state index in [1.165, 1.54) is 37.7 Å². The summed E-state index contributed by atoms with van der Waals surface area (Å²) in [5.41, 5.74) is 8.10. The van der Waals surface area contributed by atoms with Gasteiger partial charge in [-0.3, -0.25) is 14.5 Å². The SMILES string of the molecule is C=CC(=O)NC1(CNc2nc(Nc3ccc(N4CCC(N5CCN(C)CC5)CC4)cc3)c(C(N)=O)nc2CC)CCCC1. The van der Waals surface area contributed by atoms with Gasteiger partial charge in [0.25, 0.3) is 5.91 Å². The number of likely N-dealkylation sites (N-methyl/N-ethyl adjacent to an activating group) is 1. The Kier molecular flexibility index (Phi) is 9.82. The summed E-state index contributed by atoms with van der Waals surface area (Å²) in [6.45, 7) is 12.8. The number of aromatic nitrogens is 2. The largest absolute Gasteiger partial charge is 0.371 e. The second-order valence-corrected chi connectivity index (χ2v) is 12.2. The number of nitrogens with zero attached hydrogens (tertiary/aromatic N) is 5. The smallest absolute Gasteiger partial charge is 0.271 e. The Balaban J connectivity index is 1.26. The first kappa shape index (κ1) is 30.7. The molecular formula is C32H47N9O2. The molecule has 3 heterocycles. The first-order valence-electron chi connectivity index (χ1n) is 15.7. The summed E-state index contributed by atoms with van der Waals surface area (Å²) in [6.07, 6.45) is 8.08. The fraction of sp³-hybridized carbons (Fsp3) is 0.562. The van der Waals surface area contributed by atoms with Gasteiger partial charge in [0.15, 0.2) is 11.5 Å². The highest BCUT2D eigenvalue weighted by molar-refractivity contribution is 5.96. The molecular weight excluding hydrogens is 542 g/mol. The van der Waals surface area contributed by atoms with E-state index in [0.29, 0.717) is 36.3 Å². The average Bonchev–Trinajstić information content (AvgIpc) is 3.49. The summed E-state index contributed by atoms with van der Waals surface area (Å²) in [7, 11) is 2.20. The lowest BCUT2D eigenvalue weighted by molar-refractivity contribution is -0.118. The van der Waals surface area contributed by atoms with Crippen LogP contribution in [-0.4, -0.2) is 96.0 Å². The first-order valence-corrected chi connectivity index (χ1v) is 15.7. The van der Waals surface area contributed by atoms with E-state index in [9.17, 15) is 9.59 Å². The highest BCUT2D eigenvalue weighted by Gasteiger charge is 2.35. The normalized spacial score (nSPS) is 19.6. The number of primary amides is 1. The molecule has 0 bridgehead atoms. The second kappa shape index (κ2) is 13.7. The topological polar surface area (TPSA) is 132 Å². The van der Waals surface area contributed by atoms with E-state index < -0.39 is 5.91 Å². The molecule has 0 atom stereocenters. The first-order chi connectivity index (χ1) is 20.8. The van der Waals surface area contributed by atoms with E-state index in [4.69, 9.17) is 10.7 Å². The quantitative estimate of drug-likeness (QED) is 0.292. The standard InChI is InChI=1S/C32H47N9O2/c1-4-26-30(34-22-32(14-6-7-15-32)38-27(42)5-2)37-31(28(36-26)29(33)43)35-23-8-10-24(11-9-23)40-16-12-25(13-17-40)41-20-18-39(3)19-21-41/h5,8-11,25H,2,4,6-7,12-22H2,1,3H3,(H2,33,43)(H,38,42)(H2,34,35,37). The molecule has 0 spiro atoms. The van der Waals surface area contributed by atoms with E-state index in [0.717, 1.165) is 57.5 Å². The van der Waals surface area contributed by atoms with E-state index >= 15 is 0 Å². The molecule has 1 aromatic heterocycles. The Bertz CT molecular complexity index is 1280. The lowest BCUT2D eigenvalue weighted by Gasteiger charge is -2.42. The van der Waals surface area contributed by atoms with Crippen molar-refractivity contribution in [2.75, 3.05) is 68.4 Å². The maximum Gasteiger partial charge on any atom is 0.271 e. The number of benzene rings is 1. The zero-order chi connectivity index (χ0) is 30.4. The number of hydrogen-bond acceptors (Lipinski definition) is 9. The summed E-state index contributed by atoms with van der Waals surface area (Å²) < 4.78 is 0. The van der Waals surface area contributed by atoms with Crippen molar-refractivity contribution in [3.63, 3.8) is 0 Å². The van der Waals surface area contributed by atoms with Crippen molar-refractivity contribution in [1.82, 2.24) is 25.1 Å². The molecule has 1 aromatic carbocycles. The van der Waals surface area contributed by atoms with E-state index in [-0.39, 0.29) is 17.1 Å². The van der Waals surface area contributed by atoms with Gasteiger partial charge in [-0.2, -0.15) is 0 Å². The van der Waals surface area contributed by atoms with Crippen molar-refractivity contribution >= 4 is 34.8 Å². The van der Waals surface area contributed by atoms with Gasteiger partial charge >= 0.3 is 0 Å². The number of hydrogen-bond donors (Lipinski definition) is 4. The number of anilines is 4. The van der Waals surface area contributed by atoms with Gasteiger partial charge in [0.2, 0.25) is 5.91 Å². The number of aryl methyl sites for hydroxylation is 1. The van der Waals surface area contributed by atoms with Gasteiger partial charge in [-0.1, -0.05) is 26.3 Å². The van der Waals surface area contributed by atoms with Crippen LogP contribution in [0, 0.1) is 0 Å². The molecule has 11 nitrogen and oxygen atoms in total. The zero-order valence-electron chi connectivity index (χ0n) is 25.7. The van der Waals surface area contributed by atoms with Gasteiger partial charge in [-0.25, -0.2) is 9.97 Å². The number of rotatable bonds is 11. The molecule has 0 unspecified atom stereocenters. The van der Waals surface area contributed by atoms with Crippen molar-refractivity contribution in [1.29, 1.82) is 0 Å². The van der Waals surface area contributed by atoms with Gasteiger partial charge in [-0.15, -0.1) is 0 Å². The van der Waals surface area contributed by atoms with Crippen LogP contribution in [0.5, 0.6) is 0 Å². The molecule has 232 valence electrons. The number of piperidine rings is 1. The Hall–Kier alpha value is -3.70. The Labute approximate surface area is 255 Å². The Morgan fingerprint density at radius 3 is 2.30 bits per heavy atom. The number of amides is 2. The molecule has 3 aliphatic rings. The van der Waals surface area contributed by atoms with Crippen molar-refractivity contribution in [2.24, 2.45) is 5.73 Å². The third kappa shape index (κ3) is 7.45. The Morgan fingerprint density at radius 1 is 1.02 bits per heavy atom. The Morgan fingerprint density at radius 2 is 1.70 bits per heavy atom. The molecule has 0 radical (unpaired) electrons. The molecule has 11 heteroatoms. The summed E-state index contributed by atoms with van der Waals surface area (Å²) in [6, 6.07) is 8.91. The minimum absolute atomic E-state index is 0.105. The lowest BCUT2D eigenvalue weighted by Crippen LogP contribution is -2.52. The van der Waals surface area contributed by atoms with Crippen LogP contribution in [0.4, 0.5) is 23.0 Å². The van der Waals surface area contributed by atoms with Crippen molar-refractivity contribution in [2.45, 2.75) is 63.5 Å². The molecule has 5 rings (SSSR count). The van der Waals surface area contributed by atoms with Gasteiger partial charge in [0.05, 0.1) is 11.2 Å². The van der Waals surface area contributed by atoms with Crippen molar-refractivity contribution in [3.8, 4) is 0 Å². The van der Waals surface area contributed by atoms with Gasteiger partial charge in [-0.05, 0) is 69.5 Å². The van der Waals surface area contributed by atoms with Gasteiger partial charge < -0.3 is 31.5 Å². The summed E-state index contributed by atoms with van der Waals surface area (Å²) in [5.74, 6) is 0.0684. The monoisotopic (exact) mass is 589 g/mol. The second-order valence-electron chi connectivity index (χ2n) is 12.2. The minimum atomic E-state index is -0.637. The molecule has 5 N–H and O–H groups in total. The number of piperazine rings is 1. The van der Waals surface area contributed by atoms with E-state index in [1.54, 1.807) is 0 Å². The van der Waals surface area contributed by atoms with E-state index in [2.05, 4.69) is 61.4 Å². The minimum Gasteiger partial charge on any atom is -0.371 e. The van der Waals surface area contributed by atoms with Crippen LogP contribution < -0.4 is 26.6 Å². The molecule has 2 aromatic rings. The lowest BCUT2D eigenvalue weighted by atomic mass is 9.97. The molecule has 3 fully saturated rings. The summed E-state index contributed by atoms with van der Waals surface area (Å²) in [5, 5.41) is 9.83. The van der Waals surface area contributed by atoms with Crippen LogP contribution in [0.15, 0.2) is 36.9 Å².